The van der Waals surface area contributed by atoms with Crippen molar-refractivity contribution in [1.29, 1.82) is 0 Å². The summed E-state index contributed by atoms with van der Waals surface area (Å²) in [7, 11) is -0.768. The van der Waals surface area contributed by atoms with Crippen molar-refractivity contribution in [1.82, 2.24) is 0 Å². The van der Waals surface area contributed by atoms with Gasteiger partial charge in [0.2, 0.25) is 9.84 Å². The van der Waals surface area contributed by atoms with Gasteiger partial charge in [0.15, 0.2) is 0 Å². The summed E-state index contributed by atoms with van der Waals surface area (Å²) in [5, 5.41) is 5.66. The predicted molar refractivity (Wildman–Crippen MR) is 114 cm³/mol. The zero-order valence-corrected chi connectivity index (χ0v) is 17.2. The van der Waals surface area contributed by atoms with E-state index in [1.807, 2.05) is 6.92 Å². The van der Waals surface area contributed by atoms with E-state index in [2.05, 4.69) is 10.6 Å². The van der Waals surface area contributed by atoms with Crippen molar-refractivity contribution in [2.75, 3.05) is 24.8 Å². The zero-order valence-electron chi connectivity index (χ0n) is 16.4. The molecule has 0 fully saturated rings. The number of nitrogens with one attached hydrogen (secondary N) is 2. The third-order valence-electron chi connectivity index (χ3n) is 4.50. The second kappa shape index (κ2) is 8.36. The number of amides is 1. The lowest BCUT2D eigenvalue weighted by molar-refractivity contribution is 0.102. The number of benzene rings is 3. The van der Waals surface area contributed by atoms with Crippen LogP contribution < -0.4 is 15.4 Å². The normalized spacial score (nSPS) is 11.0. The van der Waals surface area contributed by atoms with E-state index in [0.717, 1.165) is 5.56 Å². The van der Waals surface area contributed by atoms with E-state index in [1.54, 1.807) is 67.7 Å². The van der Waals surface area contributed by atoms with Crippen LogP contribution in [0.2, 0.25) is 0 Å². The molecule has 0 spiro atoms. The average molecular weight is 410 g/mol. The van der Waals surface area contributed by atoms with Gasteiger partial charge in [-0.3, -0.25) is 4.79 Å². The molecule has 6 nitrogen and oxygen atoms in total. The van der Waals surface area contributed by atoms with Gasteiger partial charge < -0.3 is 15.4 Å². The first-order valence-corrected chi connectivity index (χ1v) is 10.4. The smallest absolute Gasteiger partial charge is 0.259 e. The number of hydrogen-bond donors (Lipinski definition) is 2. The molecule has 29 heavy (non-hydrogen) atoms. The maximum absolute atomic E-state index is 13.3. The molecule has 3 aromatic rings. The molecule has 0 aliphatic carbocycles. The first-order chi connectivity index (χ1) is 13.9. The monoisotopic (exact) mass is 410 g/mol. The van der Waals surface area contributed by atoms with Gasteiger partial charge in [-0.05, 0) is 43.3 Å². The summed E-state index contributed by atoms with van der Waals surface area (Å²) >= 11 is 0. The summed E-state index contributed by atoms with van der Waals surface area (Å²) in [4.78, 5) is 13.2. The number of rotatable bonds is 6. The Morgan fingerprint density at radius 3 is 2.21 bits per heavy atom. The summed E-state index contributed by atoms with van der Waals surface area (Å²) < 4.78 is 31.8. The van der Waals surface area contributed by atoms with Gasteiger partial charge in [-0.25, -0.2) is 8.42 Å². The Morgan fingerprint density at radius 2 is 1.55 bits per heavy atom. The van der Waals surface area contributed by atoms with Gasteiger partial charge >= 0.3 is 0 Å². The predicted octanol–water partition coefficient (Wildman–Crippen LogP) is 4.13. The fourth-order valence-electron chi connectivity index (χ4n) is 2.97. The quantitative estimate of drug-likeness (QED) is 0.638. The highest BCUT2D eigenvalue weighted by molar-refractivity contribution is 7.91. The lowest BCUT2D eigenvalue weighted by atomic mass is 10.1. The molecule has 2 N–H and O–H groups in total. The van der Waals surface area contributed by atoms with E-state index < -0.39 is 15.7 Å². The summed E-state index contributed by atoms with van der Waals surface area (Å²) in [6, 6.07) is 18.2. The molecule has 150 valence electrons. The number of carbonyl (C=O) groups excluding carboxylic acids is 1. The molecule has 0 saturated carbocycles. The lowest BCUT2D eigenvalue weighted by Gasteiger charge is -2.16. The van der Waals surface area contributed by atoms with Crippen LogP contribution >= 0.6 is 0 Å². The van der Waals surface area contributed by atoms with Crippen LogP contribution in [0.5, 0.6) is 5.75 Å². The number of methoxy groups -OCH3 is 1. The maximum Gasteiger partial charge on any atom is 0.259 e. The largest absolute Gasteiger partial charge is 0.495 e. The van der Waals surface area contributed by atoms with Crippen LogP contribution in [-0.2, 0) is 9.84 Å². The van der Waals surface area contributed by atoms with E-state index >= 15 is 0 Å². The van der Waals surface area contributed by atoms with Crippen LogP contribution in [0.1, 0.15) is 15.9 Å². The molecular weight excluding hydrogens is 388 g/mol. The lowest BCUT2D eigenvalue weighted by Crippen LogP contribution is -2.19. The van der Waals surface area contributed by atoms with Gasteiger partial charge in [0.05, 0.1) is 28.2 Å². The second-order valence-electron chi connectivity index (χ2n) is 6.40. The Labute approximate surface area is 170 Å². The molecule has 0 unspecified atom stereocenters. The fraction of sp³-hybridized carbons (Fsp3) is 0.136. The van der Waals surface area contributed by atoms with Gasteiger partial charge in [0, 0.05) is 12.7 Å². The summed E-state index contributed by atoms with van der Waals surface area (Å²) in [5.74, 6) is -0.0733. The number of anilines is 2. The minimum Gasteiger partial charge on any atom is -0.495 e. The zero-order chi connectivity index (χ0) is 21.0. The Kier molecular flexibility index (Phi) is 5.89. The van der Waals surface area contributed by atoms with Crippen LogP contribution in [-0.4, -0.2) is 28.5 Å². The summed E-state index contributed by atoms with van der Waals surface area (Å²) in [6.45, 7) is 1.88. The van der Waals surface area contributed by atoms with Crippen molar-refractivity contribution in [2.24, 2.45) is 0 Å². The van der Waals surface area contributed by atoms with E-state index in [9.17, 15) is 13.2 Å². The Balaban J connectivity index is 2.11. The van der Waals surface area contributed by atoms with Crippen LogP contribution in [0.25, 0.3) is 0 Å². The Morgan fingerprint density at radius 1 is 0.897 bits per heavy atom. The van der Waals surface area contributed by atoms with Gasteiger partial charge in [0.25, 0.3) is 5.91 Å². The third kappa shape index (κ3) is 4.09. The molecule has 3 rings (SSSR count). The highest BCUT2D eigenvalue weighted by Crippen LogP contribution is 2.31. The molecule has 0 radical (unpaired) electrons. The standard InChI is InChI=1S/C22H22N2O4S/c1-15-11-13-16(14-12-15)29(26,27)20-10-6-8-18(23-2)21(20)22(25)24-17-7-4-5-9-19(17)28-3/h4-14,23H,1-3H3,(H,24,25). The highest BCUT2D eigenvalue weighted by Gasteiger charge is 2.27. The van der Waals surface area contributed by atoms with Crippen molar-refractivity contribution in [3.8, 4) is 5.75 Å². The van der Waals surface area contributed by atoms with Gasteiger partial charge in [-0.2, -0.15) is 0 Å². The highest BCUT2D eigenvalue weighted by atomic mass is 32.2. The summed E-state index contributed by atoms with van der Waals surface area (Å²) in [6.07, 6.45) is 0. The topological polar surface area (TPSA) is 84.5 Å². The van der Waals surface area contributed by atoms with Crippen molar-refractivity contribution < 1.29 is 17.9 Å². The number of para-hydroxylation sites is 2. The van der Waals surface area contributed by atoms with Gasteiger partial charge in [-0.1, -0.05) is 35.9 Å². The van der Waals surface area contributed by atoms with Crippen molar-refractivity contribution in [2.45, 2.75) is 16.7 Å². The van der Waals surface area contributed by atoms with Gasteiger partial charge in [0.1, 0.15) is 5.75 Å². The number of aryl methyl sites for hydroxylation is 1. The van der Waals surface area contributed by atoms with E-state index in [-0.39, 0.29) is 15.4 Å². The molecule has 7 heteroatoms. The molecule has 0 atom stereocenters. The number of carbonyl (C=O) groups is 1. The average Bonchev–Trinajstić information content (AvgIpc) is 2.73. The Hall–Kier alpha value is -3.32. The maximum atomic E-state index is 13.3. The first kappa shape index (κ1) is 20.4. The van der Waals surface area contributed by atoms with Crippen LogP contribution in [0.4, 0.5) is 11.4 Å². The molecule has 0 aromatic heterocycles. The minimum absolute atomic E-state index is 0.0430. The summed E-state index contributed by atoms with van der Waals surface area (Å²) in [5.41, 5.74) is 1.85. The van der Waals surface area contributed by atoms with E-state index in [1.165, 1.54) is 13.2 Å². The molecule has 0 bridgehead atoms. The third-order valence-corrected chi connectivity index (χ3v) is 6.31. The molecule has 3 aromatic carbocycles. The molecule has 1 amide bonds. The van der Waals surface area contributed by atoms with Crippen molar-refractivity contribution in [3.05, 3.63) is 77.9 Å². The molecule has 0 saturated heterocycles. The van der Waals surface area contributed by atoms with E-state index in [0.29, 0.717) is 17.1 Å². The fourth-order valence-corrected chi connectivity index (χ4v) is 4.45. The van der Waals surface area contributed by atoms with Gasteiger partial charge in [-0.15, -0.1) is 0 Å². The first-order valence-electron chi connectivity index (χ1n) is 8.95. The van der Waals surface area contributed by atoms with Crippen molar-refractivity contribution in [3.63, 3.8) is 0 Å². The molecular formula is C22H22N2O4S. The molecule has 0 heterocycles. The Bertz CT molecular complexity index is 1140. The molecule has 0 aliphatic rings. The number of hydrogen-bond acceptors (Lipinski definition) is 5. The number of ether oxygens (including phenoxy) is 1. The minimum atomic E-state index is -3.90. The van der Waals surface area contributed by atoms with Crippen LogP contribution in [0.15, 0.2) is 76.5 Å². The van der Waals surface area contributed by atoms with Crippen LogP contribution in [0, 0.1) is 6.92 Å². The SMILES string of the molecule is CNc1cccc(S(=O)(=O)c2ccc(C)cc2)c1C(=O)Nc1ccccc1OC. The van der Waals surface area contributed by atoms with E-state index in [4.69, 9.17) is 4.74 Å². The molecule has 0 aliphatic heterocycles. The van der Waals surface area contributed by atoms with Crippen LogP contribution in [0.3, 0.4) is 0 Å². The second-order valence-corrected chi connectivity index (χ2v) is 8.32. The number of sulfone groups is 1. The van der Waals surface area contributed by atoms with Crippen molar-refractivity contribution >= 4 is 27.1 Å².